The summed E-state index contributed by atoms with van der Waals surface area (Å²) in [6.45, 7) is 0.968. The van der Waals surface area contributed by atoms with Gasteiger partial charge in [-0.25, -0.2) is 4.99 Å². The first-order valence-electron chi connectivity index (χ1n) is 8.26. The standard InChI is InChI=1S/C20H17N3S/c1-2-5-16-12-23-17(10-15(16)4-1)13-24-20(23)22-19-7-3-6-14-8-9-21-11-18(14)19/h1-9,11,17H,10,12-13H2. The number of hydrogen-bond acceptors (Lipinski definition) is 3. The van der Waals surface area contributed by atoms with Crippen molar-refractivity contribution in [3.63, 3.8) is 0 Å². The van der Waals surface area contributed by atoms with Gasteiger partial charge in [0.2, 0.25) is 0 Å². The van der Waals surface area contributed by atoms with Gasteiger partial charge in [0, 0.05) is 36.1 Å². The summed E-state index contributed by atoms with van der Waals surface area (Å²) in [5.41, 5.74) is 3.95. The van der Waals surface area contributed by atoms with Crippen LogP contribution in [-0.2, 0) is 13.0 Å². The monoisotopic (exact) mass is 331 g/mol. The van der Waals surface area contributed by atoms with Gasteiger partial charge >= 0.3 is 0 Å². The molecule has 2 aromatic carbocycles. The van der Waals surface area contributed by atoms with Gasteiger partial charge < -0.3 is 4.90 Å². The summed E-state index contributed by atoms with van der Waals surface area (Å²) in [5.74, 6) is 1.12. The molecule has 1 saturated heterocycles. The molecule has 1 fully saturated rings. The maximum absolute atomic E-state index is 5.01. The van der Waals surface area contributed by atoms with E-state index >= 15 is 0 Å². The number of benzene rings is 2. The van der Waals surface area contributed by atoms with Crippen molar-refractivity contribution in [2.24, 2.45) is 4.99 Å². The fourth-order valence-electron chi connectivity index (χ4n) is 3.61. The van der Waals surface area contributed by atoms with Gasteiger partial charge in [0.1, 0.15) is 0 Å². The molecule has 4 heteroatoms. The third-order valence-electron chi connectivity index (χ3n) is 4.88. The summed E-state index contributed by atoms with van der Waals surface area (Å²) >= 11 is 1.88. The summed E-state index contributed by atoms with van der Waals surface area (Å²) in [7, 11) is 0. The van der Waals surface area contributed by atoms with E-state index in [0.29, 0.717) is 6.04 Å². The Bertz CT molecular complexity index is 945. The number of pyridine rings is 1. The van der Waals surface area contributed by atoms with Gasteiger partial charge in [-0.3, -0.25) is 4.98 Å². The van der Waals surface area contributed by atoms with Gasteiger partial charge in [0.25, 0.3) is 0 Å². The van der Waals surface area contributed by atoms with E-state index < -0.39 is 0 Å². The number of aromatic nitrogens is 1. The van der Waals surface area contributed by atoms with Gasteiger partial charge in [-0.2, -0.15) is 0 Å². The van der Waals surface area contributed by atoms with E-state index in [2.05, 4.69) is 52.3 Å². The van der Waals surface area contributed by atoms with Crippen LogP contribution in [0, 0.1) is 0 Å². The molecule has 3 nitrogen and oxygen atoms in total. The smallest absolute Gasteiger partial charge is 0.165 e. The molecule has 2 aliphatic rings. The minimum atomic E-state index is 0.566. The van der Waals surface area contributed by atoms with E-state index in [-0.39, 0.29) is 0 Å². The zero-order valence-electron chi connectivity index (χ0n) is 13.2. The van der Waals surface area contributed by atoms with Gasteiger partial charge in [-0.05, 0) is 35.1 Å². The highest BCUT2D eigenvalue weighted by Gasteiger charge is 2.34. The van der Waals surface area contributed by atoms with E-state index in [1.54, 1.807) is 0 Å². The summed E-state index contributed by atoms with van der Waals surface area (Å²) in [5, 5.41) is 3.45. The Morgan fingerprint density at radius 2 is 1.96 bits per heavy atom. The van der Waals surface area contributed by atoms with Crippen LogP contribution in [0.5, 0.6) is 0 Å². The van der Waals surface area contributed by atoms with E-state index in [1.165, 1.54) is 16.5 Å². The summed E-state index contributed by atoms with van der Waals surface area (Å²) in [4.78, 5) is 11.8. The molecule has 0 radical (unpaired) electrons. The molecule has 1 atom stereocenters. The lowest BCUT2D eigenvalue weighted by atomic mass is 9.95. The molecular weight excluding hydrogens is 314 g/mol. The van der Waals surface area contributed by atoms with Crippen LogP contribution < -0.4 is 0 Å². The number of hydrogen-bond donors (Lipinski definition) is 0. The number of aliphatic imine (C=N–C) groups is 1. The van der Waals surface area contributed by atoms with Crippen LogP contribution in [0.15, 0.2) is 65.9 Å². The highest BCUT2D eigenvalue weighted by atomic mass is 32.2. The fourth-order valence-corrected chi connectivity index (χ4v) is 4.79. The van der Waals surface area contributed by atoms with Crippen molar-refractivity contribution < 1.29 is 0 Å². The zero-order chi connectivity index (χ0) is 15.9. The lowest BCUT2D eigenvalue weighted by molar-refractivity contribution is 0.320. The number of rotatable bonds is 1. The van der Waals surface area contributed by atoms with Crippen LogP contribution in [0.1, 0.15) is 11.1 Å². The lowest BCUT2D eigenvalue weighted by Gasteiger charge is -2.32. The van der Waals surface area contributed by atoms with Crippen LogP contribution in [0.3, 0.4) is 0 Å². The predicted molar refractivity (Wildman–Crippen MR) is 101 cm³/mol. The molecule has 3 heterocycles. The maximum atomic E-state index is 5.01. The van der Waals surface area contributed by atoms with E-state index in [0.717, 1.165) is 35.0 Å². The van der Waals surface area contributed by atoms with Crippen LogP contribution in [0.4, 0.5) is 5.69 Å². The minimum Gasteiger partial charge on any atom is -0.343 e. The van der Waals surface area contributed by atoms with Crippen molar-refractivity contribution in [1.29, 1.82) is 0 Å². The molecule has 0 amide bonds. The average Bonchev–Trinajstić information content (AvgIpc) is 3.02. The summed E-state index contributed by atoms with van der Waals surface area (Å²) < 4.78 is 0. The second-order valence-electron chi connectivity index (χ2n) is 6.33. The van der Waals surface area contributed by atoms with Crippen LogP contribution in [-0.4, -0.2) is 26.8 Å². The maximum Gasteiger partial charge on any atom is 0.165 e. The van der Waals surface area contributed by atoms with Crippen molar-refractivity contribution in [3.8, 4) is 0 Å². The second-order valence-corrected chi connectivity index (χ2v) is 7.32. The second kappa shape index (κ2) is 5.64. The molecular formula is C20H17N3S. The molecule has 1 unspecified atom stereocenters. The molecule has 0 N–H and O–H groups in total. The Kier molecular flexibility index (Phi) is 3.30. The van der Waals surface area contributed by atoms with E-state index in [4.69, 9.17) is 4.99 Å². The van der Waals surface area contributed by atoms with Crippen molar-refractivity contribution in [1.82, 2.24) is 9.88 Å². The topological polar surface area (TPSA) is 28.5 Å². The van der Waals surface area contributed by atoms with Crippen LogP contribution in [0.2, 0.25) is 0 Å². The fraction of sp³-hybridized carbons (Fsp3) is 0.200. The van der Waals surface area contributed by atoms with Gasteiger partial charge in [-0.15, -0.1) is 0 Å². The number of nitrogens with zero attached hydrogens (tertiary/aromatic N) is 3. The molecule has 0 saturated carbocycles. The van der Waals surface area contributed by atoms with E-state index in [9.17, 15) is 0 Å². The van der Waals surface area contributed by atoms with Crippen molar-refractivity contribution in [3.05, 3.63) is 72.1 Å². The molecule has 5 rings (SSSR count). The van der Waals surface area contributed by atoms with Crippen molar-refractivity contribution >= 4 is 33.4 Å². The van der Waals surface area contributed by atoms with Crippen molar-refractivity contribution in [2.75, 3.05) is 5.75 Å². The number of fused-ring (bicyclic) bond motifs is 3. The molecule has 0 bridgehead atoms. The number of thioether (sulfide) groups is 1. The quantitative estimate of drug-likeness (QED) is 0.662. The minimum absolute atomic E-state index is 0.566. The average molecular weight is 331 g/mol. The van der Waals surface area contributed by atoms with E-state index in [1.807, 2.05) is 30.2 Å². The molecule has 0 aliphatic carbocycles. The highest BCUT2D eigenvalue weighted by molar-refractivity contribution is 8.14. The lowest BCUT2D eigenvalue weighted by Crippen LogP contribution is -2.38. The molecule has 24 heavy (non-hydrogen) atoms. The van der Waals surface area contributed by atoms with Crippen LogP contribution >= 0.6 is 11.8 Å². The Morgan fingerprint density at radius 3 is 2.92 bits per heavy atom. The molecule has 118 valence electrons. The SMILES string of the molecule is c1ccc2c(c1)CC1CSC(=Nc3cccc4ccncc34)N1C2. The Hall–Kier alpha value is -2.33. The predicted octanol–water partition coefficient (Wildman–Crippen LogP) is 4.40. The number of amidine groups is 1. The Morgan fingerprint density at radius 1 is 1.04 bits per heavy atom. The Balaban J connectivity index is 1.55. The largest absolute Gasteiger partial charge is 0.343 e. The normalized spacial score (nSPS) is 21.1. The van der Waals surface area contributed by atoms with Gasteiger partial charge in [-0.1, -0.05) is 48.2 Å². The van der Waals surface area contributed by atoms with Gasteiger partial charge in [0.15, 0.2) is 5.17 Å². The third-order valence-corrected chi connectivity index (χ3v) is 6.02. The van der Waals surface area contributed by atoms with Crippen molar-refractivity contribution in [2.45, 2.75) is 19.0 Å². The molecule has 1 aromatic heterocycles. The molecule has 0 spiro atoms. The molecule has 3 aromatic rings. The highest BCUT2D eigenvalue weighted by Crippen LogP contribution is 2.35. The Labute approximate surface area is 145 Å². The van der Waals surface area contributed by atoms with Crippen LogP contribution in [0.25, 0.3) is 10.8 Å². The molecule has 2 aliphatic heterocycles. The zero-order valence-corrected chi connectivity index (χ0v) is 14.0. The van der Waals surface area contributed by atoms with Gasteiger partial charge in [0.05, 0.1) is 5.69 Å². The first kappa shape index (κ1) is 14.1. The summed E-state index contributed by atoms with van der Waals surface area (Å²) in [6.07, 6.45) is 4.87. The first-order valence-corrected chi connectivity index (χ1v) is 9.25. The summed E-state index contributed by atoms with van der Waals surface area (Å²) in [6, 6.07) is 17.7. The third kappa shape index (κ3) is 2.29. The first-order chi connectivity index (χ1) is 11.9.